The Hall–Kier alpha value is -3.20. The molecule has 0 unspecified atom stereocenters. The van der Waals surface area contributed by atoms with Gasteiger partial charge in [-0.15, -0.1) is 0 Å². The summed E-state index contributed by atoms with van der Waals surface area (Å²) in [5, 5.41) is 1.82. The Labute approximate surface area is 139 Å². The number of aromatic nitrogens is 1. The Kier molecular flexibility index (Phi) is 3.67. The molecule has 1 heterocycles. The van der Waals surface area contributed by atoms with E-state index in [1.807, 2.05) is 72.8 Å². The topological polar surface area (TPSA) is 39.2 Å². The quantitative estimate of drug-likeness (QED) is 0.405. The molecule has 24 heavy (non-hydrogen) atoms. The Bertz CT molecular complexity index is 1030. The molecule has 0 spiro atoms. The number of hydrogen-bond acceptors (Lipinski definition) is 3. The number of esters is 1. The second-order valence-corrected chi connectivity index (χ2v) is 5.62. The number of fused-ring (bicyclic) bond motifs is 2. The molecule has 0 saturated heterocycles. The fourth-order valence-electron chi connectivity index (χ4n) is 2.78. The van der Waals surface area contributed by atoms with Gasteiger partial charge in [0.2, 0.25) is 0 Å². The van der Waals surface area contributed by atoms with Crippen LogP contribution < -0.4 is 0 Å². The molecule has 3 aromatic carbocycles. The highest BCUT2D eigenvalue weighted by Gasteiger charge is 2.13. The summed E-state index contributed by atoms with van der Waals surface area (Å²) in [5.41, 5.74) is 3.22. The third kappa shape index (κ3) is 2.72. The molecule has 0 bridgehead atoms. The Morgan fingerprint density at radius 3 is 2.46 bits per heavy atom. The van der Waals surface area contributed by atoms with Crippen LogP contribution in [0.15, 0.2) is 78.9 Å². The highest BCUT2D eigenvalue weighted by atomic mass is 16.5. The molecular weight excluding hydrogens is 298 g/mol. The van der Waals surface area contributed by atoms with Crippen LogP contribution in [0.3, 0.4) is 0 Å². The van der Waals surface area contributed by atoms with Gasteiger partial charge >= 0.3 is 5.97 Å². The maximum absolute atomic E-state index is 12.5. The molecule has 1 aromatic heterocycles. The summed E-state index contributed by atoms with van der Waals surface area (Å²) in [4.78, 5) is 17.1. The van der Waals surface area contributed by atoms with E-state index in [1.165, 1.54) is 0 Å². The highest BCUT2D eigenvalue weighted by molar-refractivity contribution is 6.06. The Balaban J connectivity index is 1.70. The number of ether oxygens (including phenoxy) is 1. The van der Waals surface area contributed by atoms with Crippen molar-refractivity contribution in [1.29, 1.82) is 0 Å². The molecule has 3 heteroatoms. The van der Waals surface area contributed by atoms with Crippen molar-refractivity contribution in [1.82, 2.24) is 4.98 Å². The molecular formula is C21H15NO2. The zero-order valence-electron chi connectivity index (χ0n) is 13.0. The van der Waals surface area contributed by atoms with Crippen LogP contribution in [0.2, 0.25) is 0 Å². The SMILES string of the molecule is O=C(OCc1ccccc1)c1cccc2nc3ccccc3cc12. The lowest BCUT2D eigenvalue weighted by Crippen LogP contribution is -2.06. The summed E-state index contributed by atoms with van der Waals surface area (Å²) >= 11 is 0. The first kappa shape index (κ1) is 14.4. The number of hydrogen-bond donors (Lipinski definition) is 0. The second-order valence-electron chi connectivity index (χ2n) is 5.62. The molecule has 0 amide bonds. The van der Waals surface area contributed by atoms with Crippen molar-refractivity contribution in [3.63, 3.8) is 0 Å². The average molecular weight is 313 g/mol. The van der Waals surface area contributed by atoms with Crippen LogP contribution >= 0.6 is 0 Å². The van der Waals surface area contributed by atoms with Crippen LogP contribution in [0.4, 0.5) is 0 Å². The van der Waals surface area contributed by atoms with Gasteiger partial charge in [0.05, 0.1) is 16.6 Å². The van der Waals surface area contributed by atoms with E-state index in [0.29, 0.717) is 5.56 Å². The monoisotopic (exact) mass is 313 g/mol. The summed E-state index contributed by atoms with van der Waals surface area (Å²) < 4.78 is 5.47. The van der Waals surface area contributed by atoms with E-state index in [-0.39, 0.29) is 12.6 Å². The predicted octanol–water partition coefficient (Wildman–Crippen LogP) is 4.75. The van der Waals surface area contributed by atoms with E-state index < -0.39 is 0 Å². The predicted molar refractivity (Wildman–Crippen MR) is 94.8 cm³/mol. The number of nitrogens with zero attached hydrogens (tertiary/aromatic N) is 1. The van der Waals surface area contributed by atoms with E-state index in [9.17, 15) is 4.79 Å². The van der Waals surface area contributed by atoms with Crippen LogP contribution in [-0.2, 0) is 11.3 Å². The minimum Gasteiger partial charge on any atom is -0.457 e. The first-order chi connectivity index (χ1) is 11.8. The standard InChI is InChI=1S/C21H15NO2/c23-21(24-14-15-7-2-1-3-8-15)17-10-6-12-20-18(17)13-16-9-4-5-11-19(16)22-20/h1-13H,14H2. The summed E-state index contributed by atoms with van der Waals surface area (Å²) in [5.74, 6) is -0.332. The lowest BCUT2D eigenvalue weighted by molar-refractivity contribution is 0.0475. The van der Waals surface area contributed by atoms with E-state index in [1.54, 1.807) is 6.07 Å². The van der Waals surface area contributed by atoms with Crippen LogP contribution in [0.25, 0.3) is 21.8 Å². The van der Waals surface area contributed by atoms with E-state index in [4.69, 9.17) is 4.74 Å². The summed E-state index contributed by atoms with van der Waals surface area (Å²) in [6, 6.07) is 25.1. The molecule has 4 rings (SSSR count). The third-order valence-corrected chi connectivity index (χ3v) is 3.99. The lowest BCUT2D eigenvalue weighted by Gasteiger charge is -2.08. The minimum atomic E-state index is -0.332. The Morgan fingerprint density at radius 1 is 0.833 bits per heavy atom. The molecule has 0 aliphatic heterocycles. The van der Waals surface area contributed by atoms with Crippen molar-refractivity contribution in [3.05, 3.63) is 90.0 Å². The molecule has 0 saturated carbocycles. The zero-order valence-corrected chi connectivity index (χ0v) is 13.0. The highest BCUT2D eigenvalue weighted by Crippen LogP contribution is 2.23. The maximum Gasteiger partial charge on any atom is 0.339 e. The number of rotatable bonds is 3. The molecule has 0 aliphatic rings. The largest absolute Gasteiger partial charge is 0.457 e. The van der Waals surface area contributed by atoms with Gasteiger partial charge in [0.1, 0.15) is 6.61 Å². The van der Waals surface area contributed by atoms with Gasteiger partial charge in [-0.2, -0.15) is 0 Å². The fourth-order valence-corrected chi connectivity index (χ4v) is 2.78. The van der Waals surface area contributed by atoms with E-state index in [2.05, 4.69) is 4.98 Å². The van der Waals surface area contributed by atoms with Gasteiger partial charge in [0.15, 0.2) is 0 Å². The first-order valence-electron chi connectivity index (χ1n) is 7.81. The molecule has 0 N–H and O–H groups in total. The Morgan fingerprint density at radius 2 is 1.58 bits per heavy atom. The van der Waals surface area contributed by atoms with Gasteiger partial charge < -0.3 is 4.74 Å². The van der Waals surface area contributed by atoms with Crippen molar-refractivity contribution in [2.24, 2.45) is 0 Å². The number of pyridine rings is 1. The third-order valence-electron chi connectivity index (χ3n) is 3.99. The van der Waals surface area contributed by atoms with E-state index in [0.717, 1.165) is 27.4 Å². The van der Waals surface area contributed by atoms with Crippen LogP contribution in [0, 0.1) is 0 Å². The normalized spacial score (nSPS) is 10.8. The molecule has 3 nitrogen and oxygen atoms in total. The van der Waals surface area contributed by atoms with Crippen molar-refractivity contribution in [2.75, 3.05) is 0 Å². The van der Waals surface area contributed by atoms with Crippen LogP contribution in [-0.4, -0.2) is 11.0 Å². The maximum atomic E-state index is 12.5. The first-order valence-corrected chi connectivity index (χ1v) is 7.81. The van der Waals surface area contributed by atoms with Gasteiger partial charge in [-0.3, -0.25) is 0 Å². The average Bonchev–Trinajstić information content (AvgIpc) is 2.64. The molecule has 0 atom stereocenters. The van der Waals surface area contributed by atoms with Crippen molar-refractivity contribution in [2.45, 2.75) is 6.61 Å². The zero-order chi connectivity index (χ0) is 16.4. The smallest absolute Gasteiger partial charge is 0.339 e. The fraction of sp³-hybridized carbons (Fsp3) is 0.0476. The van der Waals surface area contributed by atoms with Crippen molar-refractivity contribution >= 4 is 27.8 Å². The summed E-state index contributed by atoms with van der Waals surface area (Å²) in [7, 11) is 0. The van der Waals surface area contributed by atoms with Crippen LogP contribution in [0.1, 0.15) is 15.9 Å². The van der Waals surface area contributed by atoms with Gasteiger partial charge in [0.25, 0.3) is 0 Å². The molecule has 4 aromatic rings. The minimum absolute atomic E-state index is 0.261. The lowest BCUT2D eigenvalue weighted by atomic mass is 10.1. The number of para-hydroxylation sites is 1. The summed E-state index contributed by atoms with van der Waals surface area (Å²) in [6.45, 7) is 0.261. The van der Waals surface area contributed by atoms with Gasteiger partial charge in [-0.25, -0.2) is 9.78 Å². The van der Waals surface area contributed by atoms with Crippen molar-refractivity contribution in [3.8, 4) is 0 Å². The molecule has 116 valence electrons. The van der Waals surface area contributed by atoms with Crippen molar-refractivity contribution < 1.29 is 9.53 Å². The number of carbonyl (C=O) groups excluding carboxylic acids is 1. The molecule has 0 fully saturated rings. The van der Waals surface area contributed by atoms with Gasteiger partial charge in [0, 0.05) is 10.8 Å². The summed E-state index contributed by atoms with van der Waals surface area (Å²) in [6.07, 6.45) is 0. The second kappa shape index (κ2) is 6.13. The van der Waals surface area contributed by atoms with Crippen LogP contribution in [0.5, 0.6) is 0 Å². The number of benzene rings is 3. The molecule has 0 radical (unpaired) electrons. The number of carbonyl (C=O) groups is 1. The molecule has 0 aliphatic carbocycles. The van der Waals surface area contributed by atoms with Gasteiger partial charge in [-0.05, 0) is 29.8 Å². The van der Waals surface area contributed by atoms with E-state index >= 15 is 0 Å². The van der Waals surface area contributed by atoms with Gasteiger partial charge in [-0.1, -0.05) is 54.6 Å².